The fourth-order valence-corrected chi connectivity index (χ4v) is 2.00. The minimum Gasteiger partial charge on any atom is -0.357 e. The second kappa shape index (κ2) is 5.18. The van der Waals surface area contributed by atoms with E-state index in [1.165, 1.54) is 5.56 Å². The summed E-state index contributed by atoms with van der Waals surface area (Å²) >= 11 is 0. The molecule has 1 atom stereocenters. The van der Waals surface area contributed by atoms with Crippen molar-refractivity contribution in [2.75, 3.05) is 7.05 Å². The second-order valence-electron chi connectivity index (χ2n) is 4.40. The Hall–Kier alpha value is -1.88. The summed E-state index contributed by atoms with van der Waals surface area (Å²) in [5.41, 5.74) is 2.97. The molecule has 1 heterocycles. The molecule has 0 saturated heterocycles. The van der Waals surface area contributed by atoms with E-state index >= 15 is 0 Å². The summed E-state index contributed by atoms with van der Waals surface area (Å²) in [7, 11) is 1.55. The number of benzene rings is 1. The summed E-state index contributed by atoms with van der Waals surface area (Å²) in [6.07, 6.45) is 0. The van der Waals surface area contributed by atoms with Crippen LogP contribution in [0, 0.1) is 0 Å². The van der Waals surface area contributed by atoms with Crippen LogP contribution in [0.25, 0.3) is 0 Å². The summed E-state index contributed by atoms with van der Waals surface area (Å²) in [4.78, 5) is 23.3. The van der Waals surface area contributed by atoms with Crippen molar-refractivity contribution >= 4 is 11.8 Å². The Balaban J connectivity index is 2.07. The number of likely N-dealkylation sites (N-methyl/N-ethyl adjacent to an activating group) is 1. The van der Waals surface area contributed by atoms with Crippen molar-refractivity contribution in [3.8, 4) is 0 Å². The molecule has 0 radical (unpaired) electrons. The molecule has 0 saturated carbocycles. The van der Waals surface area contributed by atoms with Crippen molar-refractivity contribution < 1.29 is 9.59 Å². The third kappa shape index (κ3) is 2.51. The largest absolute Gasteiger partial charge is 0.357 e. The first-order valence-electron chi connectivity index (χ1n) is 5.97. The summed E-state index contributed by atoms with van der Waals surface area (Å²) in [6, 6.07) is 5.09. The first kappa shape index (κ1) is 12.6. The molecule has 0 aliphatic carbocycles. The van der Waals surface area contributed by atoms with Crippen LogP contribution in [0.3, 0.4) is 0 Å². The highest BCUT2D eigenvalue weighted by Crippen LogP contribution is 2.16. The van der Waals surface area contributed by atoms with Gasteiger partial charge in [0.25, 0.3) is 5.91 Å². The van der Waals surface area contributed by atoms with E-state index in [2.05, 4.69) is 16.0 Å². The number of fused-ring (bicyclic) bond motifs is 1. The van der Waals surface area contributed by atoms with Gasteiger partial charge in [0, 0.05) is 25.7 Å². The molecule has 2 amide bonds. The van der Waals surface area contributed by atoms with Crippen LogP contribution in [0.2, 0.25) is 0 Å². The van der Waals surface area contributed by atoms with Gasteiger partial charge in [-0.2, -0.15) is 0 Å². The molecule has 3 N–H and O–H groups in total. The van der Waals surface area contributed by atoms with E-state index in [0.29, 0.717) is 5.56 Å². The molecule has 1 unspecified atom stereocenters. The normalized spacial score (nSPS) is 14.8. The molecule has 0 aromatic heterocycles. The Morgan fingerprint density at radius 1 is 1.28 bits per heavy atom. The Kier molecular flexibility index (Phi) is 3.62. The van der Waals surface area contributed by atoms with E-state index < -0.39 is 6.04 Å². The highest BCUT2D eigenvalue weighted by Gasteiger charge is 2.17. The molecule has 96 valence electrons. The van der Waals surface area contributed by atoms with Crippen molar-refractivity contribution in [3.63, 3.8) is 0 Å². The fraction of sp³-hybridized carbons (Fsp3) is 0.385. The van der Waals surface area contributed by atoms with E-state index in [1.807, 2.05) is 12.1 Å². The minimum absolute atomic E-state index is 0.203. The van der Waals surface area contributed by atoms with Gasteiger partial charge in [-0.1, -0.05) is 6.07 Å². The molecule has 1 aromatic carbocycles. The Labute approximate surface area is 106 Å². The van der Waals surface area contributed by atoms with Crippen LogP contribution in [0.1, 0.15) is 28.4 Å². The molecule has 5 nitrogen and oxygen atoms in total. The maximum absolute atomic E-state index is 12.0. The lowest BCUT2D eigenvalue weighted by molar-refractivity contribution is -0.122. The molecule has 1 aliphatic heterocycles. The van der Waals surface area contributed by atoms with E-state index in [-0.39, 0.29) is 11.8 Å². The number of carbonyl (C=O) groups is 2. The quantitative estimate of drug-likeness (QED) is 0.712. The predicted molar refractivity (Wildman–Crippen MR) is 68.0 cm³/mol. The lowest BCUT2D eigenvalue weighted by Gasteiger charge is -2.12. The zero-order chi connectivity index (χ0) is 13.1. The Morgan fingerprint density at radius 3 is 2.72 bits per heavy atom. The highest BCUT2D eigenvalue weighted by molar-refractivity contribution is 5.97. The van der Waals surface area contributed by atoms with Gasteiger partial charge in [0.05, 0.1) is 0 Å². The smallest absolute Gasteiger partial charge is 0.251 e. The third-order valence-electron chi connectivity index (χ3n) is 3.09. The summed E-state index contributed by atoms with van der Waals surface area (Å²) in [6.45, 7) is 3.30. The van der Waals surface area contributed by atoms with Crippen LogP contribution in [0.4, 0.5) is 0 Å². The van der Waals surface area contributed by atoms with Crippen LogP contribution in [-0.2, 0) is 17.9 Å². The molecular weight excluding hydrogens is 230 g/mol. The lowest BCUT2D eigenvalue weighted by atomic mass is 10.1. The number of amides is 2. The Morgan fingerprint density at radius 2 is 2.00 bits per heavy atom. The topological polar surface area (TPSA) is 70.2 Å². The van der Waals surface area contributed by atoms with Crippen molar-refractivity contribution in [2.24, 2.45) is 0 Å². The van der Waals surface area contributed by atoms with Crippen LogP contribution < -0.4 is 16.0 Å². The summed E-state index contributed by atoms with van der Waals surface area (Å²) in [5.74, 6) is -0.424. The molecule has 2 rings (SSSR count). The van der Waals surface area contributed by atoms with Gasteiger partial charge in [0.15, 0.2) is 0 Å². The van der Waals surface area contributed by atoms with Crippen LogP contribution in [0.5, 0.6) is 0 Å². The second-order valence-corrected chi connectivity index (χ2v) is 4.40. The van der Waals surface area contributed by atoms with E-state index in [4.69, 9.17) is 0 Å². The van der Waals surface area contributed by atoms with Crippen LogP contribution in [-0.4, -0.2) is 24.9 Å². The predicted octanol–water partition coefficient (Wildman–Crippen LogP) is 0.154. The zero-order valence-corrected chi connectivity index (χ0v) is 10.5. The van der Waals surface area contributed by atoms with Gasteiger partial charge in [-0.15, -0.1) is 0 Å². The monoisotopic (exact) mass is 247 g/mol. The van der Waals surface area contributed by atoms with Crippen molar-refractivity contribution in [2.45, 2.75) is 26.1 Å². The summed E-state index contributed by atoms with van der Waals surface area (Å²) < 4.78 is 0. The highest BCUT2D eigenvalue weighted by atomic mass is 16.2. The Bertz CT molecular complexity index is 485. The lowest BCUT2D eigenvalue weighted by Crippen LogP contribution is -2.43. The molecule has 5 heteroatoms. The number of rotatable bonds is 3. The van der Waals surface area contributed by atoms with Crippen molar-refractivity contribution in [1.29, 1.82) is 0 Å². The standard InChI is InChI=1S/C13H17N3O2/c1-8(12(17)14-2)16-13(18)9-3-4-10-6-15-7-11(10)5-9/h3-5,8,15H,6-7H2,1-2H3,(H,14,17)(H,16,18). The maximum Gasteiger partial charge on any atom is 0.251 e. The van der Waals surface area contributed by atoms with Crippen molar-refractivity contribution in [1.82, 2.24) is 16.0 Å². The maximum atomic E-state index is 12.0. The van der Waals surface area contributed by atoms with Gasteiger partial charge in [0.2, 0.25) is 5.91 Å². The SMILES string of the molecule is CNC(=O)C(C)NC(=O)c1ccc2c(c1)CNC2. The van der Waals surface area contributed by atoms with Gasteiger partial charge in [0.1, 0.15) is 6.04 Å². The first-order chi connectivity index (χ1) is 8.61. The number of hydrogen-bond donors (Lipinski definition) is 3. The fourth-order valence-electron chi connectivity index (χ4n) is 2.00. The number of nitrogens with one attached hydrogen (secondary N) is 3. The van der Waals surface area contributed by atoms with Gasteiger partial charge < -0.3 is 16.0 Å². The van der Waals surface area contributed by atoms with E-state index in [9.17, 15) is 9.59 Å². The molecule has 0 bridgehead atoms. The minimum atomic E-state index is -0.533. The number of hydrogen-bond acceptors (Lipinski definition) is 3. The number of carbonyl (C=O) groups excluding carboxylic acids is 2. The third-order valence-corrected chi connectivity index (χ3v) is 3.09. The van der Waals surface area contributed by atoms with E-state index in [1.54, 1.807) is 20.0 Å². The van der Waals surface area contributed by atoms with E-state index in [0.717, 1.165) is 18.7 Å². The van der Waals surface area contributed by atoms with Gasteiger partial charge in [-0.3, -0.25) is 9.59 Å². The first-order valence-corrected chi connectivity index (χ1v) is 5.97. The molecular formula is C13H17N3O2. The molecule has 1 aliphatic rings. The zero-order valence-electron chi connectivity index (χ0n) is 10.5. The molecule has 18 heavy (non-hydrogen) atoms. The summed E-state index contributed by atoms with van der Waals surface area (Å²) in [5, 5.41) is 8.39. The van der Waals surface area contributed by atoms with Crippen LogP contribution in [0.15, 0.2) is 18.2 Å². The van der Waals surface area contributed by atoms with Gasteiger partial charge in [-0.25, -0.2) is 0 Å². The molecule has 0 spiro atoms. The van der Waals surface area contributed by atoms with Crippen molar-refractivity contribution in [3.05, 3.63) is 34.9 Å². The average molecular weight is 247 g/mol. The van der Waals surface area contributed by atoms with Gasteiger partial charge >= 0.3 is 0 Å². The molecule has 1 aromatic rings. The van der Waals surface area contributed by atoms with Gasteiger partial charge in [-0.05, 0) is 30.2 Å². The average Bonchev–Trinajstić information content (AvgIpc) is 2.84. The molecule has 0 fully saturated rings. The van der Waals surface area contributed by atoms with Crippen LogP contribution >= 0.6 is 0 Å².